The Morgan fingerprint density at radius 1 is 1.18 bits per heavy atom. The number of hydrogen-bond acceptors (Lipinski definition) is 5. The maximum absolute atomic E-state index is 11.6. The minimum atomic E-state index is -0.448. The number of β-amino-alcohol motifs (C(OH)–C–C–N with tert-alkyl or cyclic N) is 1. The SMILES string of the molecule is CCOC(=O)N1CCN(CC(O)COC2CCCCC2)CC1. The number of nitrogens with zero attached hydrogens (tertiary/aromatic N) is 2. The van der Waals surface area contributed by atoms with Crippen LogP contribution in [0.2, 0.25) is 0 Å². The van der Waals surface area contributed by atoms with E-state index in [1.54, 1.807) is 4.90 Å². The molecule has 6 nitrogen and oxygen atoms in total. The topological polar surface area (TPSA) is 62.2 Å². The van der Waals surface area contributed by atoms with E-state index in [0.717, 1.165) is 25.9 Å². The van der Waals surface area contributed by atoms with Crippen LogP contribution in [0, 0.1) is 0 Å². The summed E-state index contributed by atoms with van der Waals surface area (Å²) in [5, 5.41) is 10.1. The van der Waals surface area contributed by atoms with Gasteiger partial charge in [0.1, 0.15) is 0 Å². The highest BCUT2D eigenvalue weighted by Gasteiger charge is 2.23. The van der Waals surface area contributed by atoms with E-state index >= 15 is 0 Å². The van der Waals surface area contributed by atoms with Crippen molar-refractivity contribution in [1.82, 2.24) is 9.80 Å². The first-order valence-electron chi connectivity index (χ1n) is 8.62. The summed E-state index contributed by atoms with van der Waals surface area (Å²) in [7, 11) is 0. The van der Waals surface area contributed by atoms with Gasteiger partial charge in [0.15, 0.2) is 0 Å². The molecule has 1 aliphatic carbocycles. The van der Waals surface area contributed by atoms with Gasteiger partial charge >= 0.3 is 6.09 Å². The lowest BCUT2D eigenvalue weighted by Crippen LogP contribution is -2.51. The number of hydrogen-bond donors (Lipinski definition) is 1. The molecule has 1 saturated heterocycles. The fourth-order valence-electron chi connectivity index (χ4n) is 3.16. The highest BCUT2D eigenvalue weighted by molar-refractivity contribution is 5.67. The van der Waals surface area contributed by atoms with E-state index in [0.29, 0.717) is 39.0 Å². The summed E-state index contributed by atoms with van der Waals surface area (Å²) < 4.78 is 10.8. The molecule has 0 spiro atoms. The molecule has 1 unspecified atom stereocenters. The third-order valence-electron chi connectivity index (χ3n) is 4.44. The van der Waals surface area contributed by atoms with Crippen LogP contribution in [0.4, 0.5) is 4.79 Å². The van der Waals surface area contributed by atoms with Crippen LogP contribution in [0.15, 0.2) is 0 Å². The maximum Gasteiger partial charge on any atom is 0.409 e. The van der Waals surface area contributed by atoms with E-state index < -0.39 is 6.10 Å². The lowest BCUT2D eigenvalue weighted by Gasteiger charge is -2.35. The normalized spacial score (nSPS) is 22.5. The van der Waals surface area contributed by atoms with Crippen LogP contribution in [0.3, 0.4) is 0 Å². The lowest BCUT2D eigenvalue weighted by atomic mass is 9.98. The number of ether oxygens (including phenoxy) is 2. The number of aliphatic hydroxyl groups excluding tert-OH is 1. The van der Waals surface area contributed by atoms with E-state index in [4.69, 9.17) is 9.47 Å². The quantitative estimate of drug-likeness (QED) is 0.804. The summed E-state index contributed by atoms with van der Waals surface area (Å²) in [6.45, 7) is 6.14. The molecule has 0 aromatic rings. The molecule has 1 aliphatic heterocycles. The van der Waals surface area contributed by atoms with Gasteiger partial charge < -0.3 is 19.5 Å². The predicted octanol–water partition coefficient (Wildman–Crippen LogP) is 1.47. The Hall–Kier alpha value is -0.850. The average Bonchev–Trinajstić information content (AvgIpc) is 2.55. The number of carbonyl (C=O) groups excluding carboxylic acids is 1. The monoisotopic (exact) mass is 314 g/mol. The third-order valence-corrected chi connectivity index (χ3v) is 4.44. The van der Waals surface area contributed by atoms with Crippen molar-refractivity contribution >= 4 is 6.09 Å². The predicted molar refractivity (Wildman–Crippen MR) is 83.9 cm³/mol. The van der Waals surface area contributed by atoms with E-state index in [2.05, 4.69) is 4.90 Å². The first kappa shape index (κ1) is 17.5. The van der Waals surface area contributed by atoms with Gasteiger partial charge in [-0.05, 0) is 19.8 Å². The lowest BCUT2D eigenvalue weighted by molar-refractivity contribution is -0.0367. The molecular formula is C16H30N2O4. The van der Waals surface area contributed by atoms with Crippen molar-refractivity contribution in [2.75, 3.05) is 45.9 Å². The van der Waals surface area contributed by atoms with Crippen LogP contribution in [0.1, 0.15) is 39.0 Å². The molecule has 22 heavy (non-hydrogen) atoms. The Morgan fingerprint density at radius 2 is 1.86 bits per heavy atom. The molecule has 1 atom stereocenters. The summed E-state index contributed by atoms with van der Waals surface area (Å²) in [5.41, 5.74) is 0. The van der Waals surface area contributed by atoms with E-state index in [1.807, 2.05) is 6.92 Å². The molecule has 0 radical (unpaired) electrons. The van der Waals surface area contributed by atoms with Crippen LogP contribution >= 0.6 is 0 Å². The Kier molecular flexibility index (Phi) is 7.42. The van der Waals surface area contributed by atoms with Gasteiger partial charge in [-0.3, -0.25) is 4.90 Å². The highest BCUT2D eigenvalue weighted by atomic mass is 16.6. The standard InChI is InChI=1S/C16H30N2O4/c1-2-21-16(20)18-10-8-17(9-11-18)12-14(19)13-22-15-6-4-3-5-7-15/h14-15,19H,2-13H2,1H3. The zero-order valence-electron chi connectivity index (χ0n) is 13.7. The van der Waals surface area contributed by atoms with Crippen molar-refractivity contribution in [2.24, 2.45) is 0 Å². The molecule has 0 aromatic carbocycles. The third kappa shape index (κ3) is 5.74. The number of amides is 1. The molecule has 1 N–H and O–H groups in total. The number of aliphatic hydroxyl groups is 1. The van der Waals surface area contributed by atoms with Crippen LogP contribution in [0.5, 0.6) is 0 Å². The second kappa shape index (κ2) is 9.33. The minimum Gasteiger partial charge on any atom is -0.450 e. The van der Waals surface area contributed by atoms with Crippen molar-refractivity contribution in [2.45, 2.75) is 51.2 Å². The van der Waals surface area contributed by atoms with E-state index in [-0.39, 0.29) is 6.09 Å². The van der Waals surface area contributed by atoms with Crippen LogP contribution < -0.4 is 0 Å². The maximum atomic E-state index is 11.6. The van der Waals surface area contributed by atoms with Crippen molar-refractivity contribution in [3.63, 3.8) is 0 Å². The summed E-state index contributed by atoms with van der Waals surface area (Å²) in [5.74, 6) is 0. The van der Waals surface area contributed by atoms with Crippen LogP contribution in [-0.2, 0) is 9.47 Å². The zero-order chi connectivity index (χ0) is 15.8. The molecule has 2 fully saturated rings. The first-order valence-corrected chi connectivity index (χ1v) is 8.62. The Labute approximate surface area is 133 Å². The Morgan fingerprint density at radius 3 is 2.50 bits per heavy atom. The number of piperazine rings is 1. The highest BCUT2D eigenvalue weighted by Crippen LogP contribution is 2.20. The van der Waals surface area contributed by atoms with Gasteiger partial charge in [0.2, 0.25) is 0 Å². The molecule has 0 aromatic heterocycles. The summed E-state index contributed by atoms with van der Waals surface area (Å²) in [6.07, 6.45) is 5.72. The summed E-state index contributed by atoms with van der Waals surface area (Å²) in [6, 6.07) is 0. The molecule has 128 valence electrons. The molecule has 2 aliphatic rings. The van der Waals surface area contributed by atoms with Crippen molar-refractivity contribution in [3.8, 4) is 0 Å². The van der Waals surface area contributed by atoms with Gasteiger partial charge in [-0.1, -0.05) is 19.3 Å². The van der Waals surface area contributed by atoms with Gasteiger partial charge in [0.05, 0.1) is 25.4 Å². The Balaban J connectivity index is 1.59. The largest absolute Gasteiger partial charge is 0.450 e. The molecule has 1 saturated carbocycles. The first-order chi connectivity index (χ1) is 10.7. The fraction of sp³-hybridized carbons (Fsp3) is 0.938. The van der Waals surface area contributed by atoms with Crippen molar-refractivity contribution < 1.29 is 19.4 Å². The van der Waals surface area contributed by atoms with Crippen molar-refractivity contribution in [1.29, 1.82) is 0 Å². The van der Waals surface area contributed by atoms with Crippen LogP contribution in [0.25, 0.3) is 0 Å². The second-order valence-corrected chi connectivity index (χ2v) is 6.23. The average molecular weight is 314 g/mol. The van der Waals surface area contributed by atoms with Gasteiger partial charge in [-0.2, -0.15) is 0 Å². The fourth-order valence-corrected chi connectivity index (χ4v) is 3.16. The minimum absolute atomic E-state index is 0.233. The van der Waals surface area contributed by atoms with Gasteiger partial charge in [-0.25, -0.2) is 4.79 Å². The molecule has 0 bridgehead atoms. The molecule has 2 rings (SSSR count). The zero-order valence-corrected chi connectivity index (χ0v) is 13.7. The smallest absolute Gasteiger partial charge is 0.409 e. The summed E-state index contributed by atoms with van der Waals surface area (Å²) in [4.78, 5) is 15.5. The summed E-state index contributed by atoms with van der Waals surface area (Å²) >= 11 is 0. The van der Waals surface area contributed by atoms with Gasteiger partial charge in [0, 0.05) is 32.7 Å². The molecule has 6 heteroatoms. The number of rotatable bonds is 6. The Bertz CT molecular complexity index is 326. The molecule has 1 amide bonds. The van der Waals surface area contributed by atoms with Crippen molar-refractivity contribution in [3.05, 3.63) is 0 Å². The van der Waals surface area contributed by atoms with E-state index in [1.165, 1.54) is 19.3 Å². The van der Waals surface area contributed by atoms with E-state index in [9.17, 15) is 9.90 Å². The van der Waals surface area contributed by atoms with Gasteiger partial charge in [0.25, 0.3) is 0 Å². The second-order valence-electron chi connectivity index (χ2n) is 6.23. The van der Waals surface area contributed by atoms with Crippen LogP contribution in [-0.4, -0.2) is 79.1 Å². The molecule has 1 heterocycles. The molecular weight excluding hydrogens is 284 g/mol. The van der Waals surface area contributed by atoms with Gasteiger partial charge in [-0.15, -0.1) is 0 Å². The number of carbonyl (C=O) groups is 1.